The monoisotopic (exact) mass is 243 g/mol. The number of nitrogen functional groups attached to an aromatic ring is 1. The molecule has 0 atom stereocenters. The van der Waals surface area contributed by atoms with Gasteiger partial charge in [-0.2, -0.15) is 0 Å². The highest BCUT2D eigenvalue weighted by molar-refractivity contribution is 7.99. The number of amidine groups is 1. The summed E-state index contributed by atoms with van der Waals surface area (Å²) in [7, 11) is 0. The van der Waals surface area contributed by atoms with Gasteiger partial charge in [0.2, 0.25) is 0 Å². The highest BCUT2D eigenvalue weighted by Crippen LogP contribution is 2.29. The summed E-state index contributed by atoms with van der Waals surface area (Å²) < 4.78 is 0. The van der Waals surface area contributed by atoms with Crippen molar-refractivity contribution in [2.45, 2.75) is 16.7 Å². The van der Waals surface area contributed by atoms with E-state index < -0.39 is 0 Å². The van der Waals surface area contributed by atoms with Gasteiger partial charge in [0.15, 0.2) is 0 Å². The molecule has 4 heteroatoms. The van der Waals surface area contributed by atoms with Gasteiger partial charge in [0.05, 0.1) is 0 Å². The molecule has 0 saturated carbocycles. The van der Waals surface area contributed by atoms with Crippen LogP contribution in [0.15, 0.2) is 52.4 Å². The number of hydrogen-bond donors (Lipinski definition) is 2. The van der Waals surface area contributed by atoms with Gasteiger partial charge in [-0.05, 0) is 30.7 Å². The zero-order chi connectivity index (χ0) is 12.3. The molecule has 86 valence electrons. The first-order chi connectivity index (χ1) is 8.16. The van der Waals surface area contributed by atoms with Crippen molar-refractivity contribution in [3.05, 3.63) is 53.9 Å². The molecule has 0 fully saturated rings. The van der Waals surface area contributed by atoms with Gasteiger partial charge in [0, 0.05) is 16.0 Å². The van der Waals surface area contributed by atoms with Gasteiger partial charge >= 0.3 is 0 Å². The topological polar surface area (TPSA) is 62.8 Å². The van der Waals surface area contributed by atoms with E-state index in [1.54, 1.807) is 24.0 Å². The number of nitrogens with zero attached hydrogens (tertiary/aromatic N) is 1. The lowest BCUT2D eigenvalue weighted by molar-refractivity contribution is 1.19. The van der Waals surface area contributed by atoms with Gasteiger partial charge in [-0.15, -0.1) is 0 Å². The maximum atomic E-state index is 7.27. The molecule has 0 aliphatic heterocycles. The molecule has 0 amide bonds. The Hall–Kier alpha value is -1.81. The average Bonchev–Trinajstić information content (AvgIpc) is 2.33. The summed E-state index contributed by atoms with van der Waals surface area (Å²) in [5.41, 5.74) is 7.11. The largest absolute Gasteiger partial charge is 0.382 e. The van der Waals surface area contributed by atoms with Gasteiger partial charge in [-0.3, -0.25) is 10.4 Å². The summed E-state index contributed by atoms with van der Waals surface area (Å²) in [6.07, 6.45) is 1.74. The predicted octanol–water partition coefficient (Wildman–Crippen LogP) is 2.83. The molecule has 1 aromatic carbocycles. The fraction of sp³-hybridized carbons (Fsp3) is 0.0769. The second kappa shape index (κ2) is 5.01. The SMILES string of the molecule is Cc1ccccc1Sc1ccc(C(=N)N)nc1. The molecule has 0 unspecified atom stereocenters. The van der Waals surface area contributed by atoms with E-state index in [4.69, 9.17) is 11.1 Å². The Bertz CT molecular complexity index is 535. The molecule has 0 aliphatic carbocycles. The Balaban J connectivity index is 2.20. The first kappa shape index (κ1) is 11.7. The van der Waals surface area contributed by atoms with Gasteiger partial charge in [-0.1, -0.05) is 30.0 Å². The smallest absolute Gasteiger partial charge is 0.141 e. The average molecular weight is 243 g/mol. The molecule has 0 spiro atoms. The van der Waals surface area contributed by atoms with Crippen LogP contribution in [0.5, 0.6) is 0 Å². The van der Waals surface area contributed by atoms with Gasteiger partial charge < -0.3 is 5.73 Å². The van der Waals surface area contributed by atoms with Gasteiger partial charge in [0.1, 0.15) is 11.5 Å². The van der Waals surface area contributed by atoms with Crippen LogP contribution in [0.4, 0.5) is 0 Å². The van der Waals surface area contributed by atoms with Crippen LogP contribution in [-0.2, 0) is 0 Å². The van der Waals surface area contributed by atoms with Crippen LogP contribution in [0.1, 0.15) is 11.3 Å². The standard InChI is InChI=1S/C13H13N3S/c1-9-4-2-3-5-12(9)17-10-6-7-11(13(14)15)16-8-10/h2-8H,1H3,(H3,14,15). The summed E-state index contributed by atoms with van der Waals surface area (Å²) in [6, 6.07) is 11.9. The number of nitrogens with one attached hydrogen (secondary N) is 1. The maximum Gasteiger partial charge on any atom is 0.141 e. The lowest BCUT2D eigenvalue weighted by Gasteiger charge is -2.05. The number of aryl methyl sites for hydroxylation is 1. The third-order valence-corrected chi connectivity index (χ3v) is 3.49. The molecule has 17 heavy (non-hydrogen) atoms. The van der Waals surface area contributed by atoms with Crippen LogP contribution < -0.4 is 5.73 Å². The Morgan fingerprint density at radius 1 is 1.24 bits per heavy atom. The van der Waals surface area contributed by atoms with Crippen LogP contribution >= 0.6 is 11.8 Å². The Morgan fingerprint density at radius 2 is 2.00 bits per heavy atom. The van der Waals surface area contributed by atoms with Crippen molar-refractivity contribution >= 4 is 17.6 Å². The van der Waals surface area contributed by atoms with Crippen molar-refractivity contribution in [1.29, 1.82) is 5.41 Å². The zero-order valence-corrected chi connectivity index (χ0v) is 10.3. The molecule has 0 radical (unpaired) electrons. The third-order valence-electron chi connectivity index (χ3n) is 2.33. The van der Waals surface area contributed by atoms with E-state index in [0.29, 0.717) is 5.69 Å². The number of aromatic nitrogens is 1. The molecule has 0 aliphatic rings. The Morgan fingerprint density at radius 3 is 2.59 bits per heavy atom. The zero-order valence-electron chi connectivity index (χ0n) is 9.47. The molecular weight excluding hydrogens is 230 g/mol. The Kier molecular flexibility index (Phi) is 3.44. The number of pyridine rings is 1. The minimum absolute atomic E-state index is 0.00237. The van der Waals surface area contributed by atoms with E-state index in [-0.39, 0.29) is 5.84 Å². The minimum atomic E-state index is -0.00237. The van der Waals surface area contributed by atoms with Crippen LogP contribution in [0, 0.1) is 12.3 Å². The highest BCUT2D eigenvalue weighted by Gasteiger charge is 2.02. The van der Waals surface area contributed by atoms with E-state index in [0.717, 1.165) is 4.90 Å². The molecule has 1 aromatic heterocycles. The maximum absolute atomic E-state index is 7.27. The number of benzene rings is 1. The third kappa shape index (κ3) is 2.85. The summed E-state index contributed by atoms with van der Waals surface area (Å²) in [6.45, 7) is 2.08. The van der Waals surface area contributed by atoms with Crippen molar-refractivity contribution in [2.75, 3.05) is 0 Å². The molecule has 0 bridgehead atoms. The molecule has 0 saturated heterocycles. The molecule has 3 N–H and O–H groups in total. The van der Waals surface area contributed by atoms with E-state index in [1.807, 2.05) is 18.2 Å². The first-order valence-electron chi connectivity index (χ1n) is 5.21. The summed E-state index contributed by atoms with van der Waals surface area (Å²) in [4.78, 5) is 6.39. The van der Waals surface area contributed by atoms with Crippen LogP contribution in [0.3, 0.4) is 0 Å². The summed E-state index contributed by atoms with van der Waals surface area (Å²) in [5.74, 6) is -0.00237. The lowest BCUT2D eigenvalue weighted by Crippen LogP contribution is -2.12. The van der Waals surface area contributed by atoms with Gasteiger partial charge in [-0.25, -0.2) is 0 Å². The second-order valence-electron chi connectivity index (χ2n) is 3.66. The lowest BCUT2D eigenvalue weighted by atomic mass is 10.2. The number of nitrogens with two attached hydrogens (primary N) is 1. The second-order valence-corrected chi connectivity index (χ2v) is 4.78. The van der Waals surface area contributed by atoms with E-state index in [1.165, 1.54) is 10.5 Å². The van der Waals surface area contributed by atoms with Crippen molar-refractivity contribution in [2.24, 2.45) is 5.73 Å². The Labute approximate surface area is 105 Å². The molecule has 1 heterocycles. The van der Waals surface area contributed by atoms with E-state index >= 15 is 0 Å². The van der Waals surface area contributed by atoms with Crippen molar-refractivity contribution < 1.29 is 0 Å². The molecule has 3 nitrogen and oxygen atoms in total. The summed E-state index contributed by atoms with van der Waals surface area (Å²) in [5, 5.41) is 7.27. The molecular formula is C13H13N3S. The first-order valence-corrected chi connectivity index (χ1v) is 6.02. The van der Waals surface area contributed by atoms with Crippen molar-refractivity contribution in [1.82, 2.24) is 4.98 Å². The van der Waals surface area contributed by atoms with Crippen molar-refractivity contribution in [3.8, 4) is 0 Å². The normalized spacial score (nSPS) is 10.2. The molecule has 2 rings (SSSR count). The van der Waals surface area contributed by atoms with Gasteiger partial charge in [0.25, 0.3) is 0 Å². The number of rotatable bonds is 3. The number of hydrogen-bond acceptors (Lipinski definition) is 3. The van der Waals surface area contributed by atoms with Crippen molar-refractivity contribution in [3.63, 3.8) is 0 Å². The minimum Gasteiger partial charge on any atom is -0.382 e. The molecule has 2 aromatic rings. The van der Waals surface area contributed by atoms with Crippen LogP contribution in [0.2, 0.25) is 0 Å². The van der Waals surface area contributed by atoms with Crippen LogP contribution in [0.25, 0.3) is 0 Å². The van der Waals surface area contributed by atoms with E-state index in [9.17, 15) is 0 Å². The fourth-order valence-electron chi connectivity index (χ4n) is 1.40. The highest BCUT2D eigenvalue weighted by atomic mass is 32.2. The fourth-order valence-corrected chi connectivity index (χ4v) is 2.27. The van der Waals surface area contributed by atoms with Crippen LogP contribution in [-0.4, -0.2) is 10.8 Å². The summed E-state index contributed by atoms with van der Waals surface area (Å²) >= 11 is 1.66. The quantitative estimate of drug-likeness (QED) is 0.643. The predicted molar refractivity (Wildman–Crippen MR) is 70.6 cm³/mol. The van der Waals surface area contributed by atoms with E-state index in [2.05, 4.69) is 24.0 Å².